The third-order valence-corrected chi connectivity index (χ3v) is 13.8. The molecule has 0 spiro atoms. The number of carbonyl (C=O) groups is 2. The number of aryl methyl sites for hydroxylation is 2. The van der Waals surface area contributed by atoms with Crippen LogP contribution in [0.15, 0.2) is 53.0 Å². The number of hydrogen-bond acceptors (Lipinski definition) is 22. The Labute approximate surface area is 455 Å². The van der Waals surface area contributed by atoms with Crippen LogP contribution < -0.4 is 31.7 Å². The van der Waals surface area contributed by atoms with Crippen molar-refractivity contribution < 1.29 is 86.6 Å². The van der Waals surface area contributed by atoms with Crippen molar-refractivity contribution in [2.24, 2.45) is 22.1 Å². The fourth-order valence-electron chi connectivity index (χ4n) is 8.69. The Morgan fingerprint density at radius 2 is 1.04 bits per heavy atom. The number of hydroxylamine groups is 2. The number of aromatic hydroxyl groups is 2. The van der Waals surface area contributed by atoms with Crippen LogP contribution >= 0.6 is 0 Å². The minimum Gasteiger partial charge on any atom is -0.506 e. The van der Waals surface area contributed by atoms with E-state index in [2.05, 4.69) is 39.0 Å². The van der Waals surface area contributed by atoms with Crippen LogP contribution in [0, 0.1) is 62.7 Å². The molecule has 24 heteroatoms. The maximum Gasteiger partial charge on any atom is 0.431 e. The zero-order valence-electron chi connectivity index (χ0n) is 45.6. The third-order valence-electron chi connectivity index (χ3n) is 13.8. The maximum absolute atomic E-state index is 12.7. The molecule has 6 N–H and O–H groups in total. The monoisotopic (exact) mass is 1100 g/mol. The number of amides is 2. The number of ether oxygens (including phenoxy) is 6. The Hall–Kier alpha value is -8.02. The molecule has 6 rings (SSSR count). The summed E-state index contributed by atoms with van der Waals surface area (Å²) in [6, 6.07) is 6.06. The number of aliphatic hydroxyl groups is 2. The summed E-state index contributed by atoms with van der Waals surface area (Å²) in [5, 5.41) is 51.9. The molecule has 24 nitrogen and oxygen atoms in total. The lowest BCUT2D eigenvalue weighted by Crippen LogP contribution is -2.62. The summed E-state index contributed by atoms with van der Waals surface area (Å²) in [7, 11) is 0. The molecule has 2 unspecified atom stereocenters. The summed E-state index contributed by atoms with van der Waals surface area (Å²) in [5.41, 5.74) is 1.56. The van der Waals surface area contributed by atoms with Gasteiger partial charge >= 0.3 is 23.4 Å². The number of nitrogens with one attached hydrogen (secondary N) is 2. The number of carbonyl (C=O) groups excluding carboxylic acids is 2. The molecule has 2 fully saturated rings. The molecule has 4 heterocycles. The number of aliphatic hydroxyl groups excluding tert-OH is 2. The molecular weight excluding hydrogens is 1040 g/mol. The molecule has 2 aromatic heterocycles. The Morgan fingerprint density at radius 1 is 0.658 bits per heavy atom. The quantitative estimate of drug-likeness (QED) is 0.0223. The molecule has 10 atom stereocenters. The standard InChI is InChI=1S/C28H32N2O10.C27H34N2O10/c1-8-13-35-29-17(6)20-21(31)18-11-12-19(15(4)23(18)38-25(20)33)37-26-22(32)24(16(5)28(7,10-3)40-26)39-27(34)30-36-14-9-2;1-8-13-35-29-26(33)38-23-15(5)27(7,9-2)39-25(21(23)31)36-18-12-11-17-20(30)19(16(6)28-34-10-3)24(32)37-22(17)14(18)4/h1-2,11-12,16,22,24,26,31-32H,10,13-14H2,3-7H3,(H,30,34);1,11-12,15,21,23,25,30-31H,9-10,13H2,2-7H3,(H,29,33)/b29-17+;28-16+/t16-,22-,24-,26?,28+;15-,21-,23-,25?,27+/m11/s1. The van der Waals surface area contributed by atoms with Gasteiger partial charge in [0.2, 0.25) is 12.6 Å². The fraction of sp³-hybridized carbons (Fsp3) is 0.491. The molecule has 0 bridgehead atoms. The summed E-state index contributed by atoms with van der Waals surface area (Å²) >= 11 is 0. The van der Waals surface area contributed by atoms with E-state index in [4.69, 9.17) is 75.9 Å². The summed E-state index contributed by atoms with van der Waals surface area (Å²) in [4.78, 5) is 69.4. The van der Waals surface area contributed by atoms with Gasteiger partial charge in [0.1, 0.15) is 77.3 Å². The molecule has 426 valence electrons. The first-order valence-electron chi connectivity index (χ1n) is 24.9. The number of hydrogen-bond donors (Lipinski definition) is 6. The Kier molecular flexibility index (Phi) is 21.2. The Bertz CT molecular complexity index is 3170. The first-order valence-corrected chi connectivity index (χ1v) is 24.9. The Balaban J connectivity index is 0.000000291. The van der Waals surface area contributed by atoms with Crippen LogP contribution in [0.5, 0.6) is 23.0 Å². The maximum atomic E-state index is 12.7. The zero-order chi connectivity index (χ0) is 58.5. The largest absolute Gasteiger partial charge is 0.506 e. The van der Waals surface area contributed by atoms with Gasteiger partial charge in [0.05, 0.1) is 33.4 Å². The SMILES string of the molecule is C#CCO/N=C(\C)c1c(O)c2ccc(OC3O[C@@](C)(CC)[C@H](C)[C@@H](OC(=O)NOCC#C)[C@H]3O)c(C)c2oc1=O.C#CCONC(=O)O[C@@H]1[C@@H](C)[C@](C)(CC)OC(Oc2ccc3c(O)c(/C(C)=N/OCC)c(=O)oc3c2C)[C@@H]1O. The van der Waals surface area contributed by atoms with E-state index in [1.54, 1.807) is 40.7 Å². The normalized spacial score (nSPS) is 24.8. The van der Waals surface area contributed by atoms with Crippen LogP contribution in [-0.4, -0.2) is 119 Å². The van der Waals surface area contributed by atoms with Gasteiger partial charge in [0.15, 0.2) is 18.8 Å². The third kappa shape index (κ3) is 13.8. The molecule has 4 aromatic rings. The van der Waals surface area contributed by atoms with Gasteiger partial charge in [-0.25, -0.2) is 19.2 Å². The second-order valence-corrected chi connectivity index (χ2v) is 18.6. The molecule has 79 heavy (non-hydrogen) atoms. The van der Waals surface area contributed by atoms with E-state index in [9.17, 15) is 39.6 Å². The lowest BCUT2D eigenvalue weighted by atomic mass is 9.79. The fourth-order valence-corrected chi connectivity index (χ4v) is 8.69. The first kappa shape index (κ1) is 61.8. The zero-order valence-corrected chi connectivity index (χ0v) is 45.6. The predicted octanol–water partition coefficient (Wildman–Crippen LogP) is 5.87. The number of terminal acetylenes is 3. The van der Waals surface area contributed by atoms with Crippen molar-refractivity contribution in [3.8, 4) is 60.0 Å². The number of oxime groups is 2. The minimum absolute atomic E-state index is 0.0517. The minimum atomic E-state index is -1.41. The molecule has 2 aliphatic rings. The van der Waals surface area contributed by atoms with Crippen LogP contribution in [0.2, 0.25) is 0 Å². The number of fused-ring (bicyclic) bond motifs is 2. The molecule has 0 saturated carbocycles. The second kappa shape index (κ2) is 27.0. The number of rotatable bonds is 18. The van der Waals surface area contributed by atoms with Gasteiger partial charge < -0.3 is 67.4 Å². The van der Waals surface area contributed by atoms with Crippen molar-refractivity contribution in [3.63, 3.8) is 0 Å². The average molecular weight is 1100 g/mol. The van der Waals surface area contributed by atoms with Gasteiger partial charge in [-0.1, -0.05) is 55.8 Å². The second-order valence-electron chi connectivity index (χ2n) is 18.6. The molecular formula is C55H66N4O20. The first-order chi connectivity index (χ1) is 37.5. The van der Waals surface area contributed by atoms with E-state index in [0.29, 0.717) is 24.0 Å². The highest BCUT2D eigenvalue weighted by Gasteiger charge is 2.53. The topological polar surface area (TPSA) is 317 Å². The highest BCUT2D eigenvalue weighted by Crippen LogP contribution is 2.43. The van der Waals surface area contributed by atoms with Gasteiger partial charge in [-0.2, -0.15) is 11.0 Å². The van der Waals surface area contributed by atoms with Crippen molar-refractivity contribution in [2.75, 3.05) is 26.4 Å². The van der Waals surface area contributed by atoms with E-state index < -0.39 is 83.5 Å². The van der Waals surface area contributed by atoms with E-state index in [1.807, 2.05) is 27.7 Å². The van der Waals surface area contributed by atoms with Gasteiger partial charge in [-0.3, -0.25) is 9.68 Å². The molecule has 2 amide bonds. The predicted molar refractivity (Wildman–Crippen MR) is 284 cm³/mol. The molecule has 0 aliphatic carbocycles. The van der Waals surface area contributed by atoms with E-state index >= 15 is 0 Å². The number of nitrogens with zero attached hydrogens (tertiary/aromatic N) is 2. The lowest BCUT2D eigenvalue weighted by molar-refractivity contribution is -0.290. The molecule has 2 saturated heterocycles. The van der Waals surface area contributed by atoms with Crippen molar-refractivity contribution in [3.05, 3.63) is 67.4 Å². The van der Waals surface area contributed by atoms with Crippen molar-refractivity contribution in [2.45, 2.75) is 137 Å². The van der Waals surface area contributed by atoms with Gasteiger partial charge in [0, 0.05) is 23.0 Å². The highest BCUT2D eigenvalue weighted by molar-refractivity contribution is 6.05. The summed E-state index contributed by atoms with van der Waals surface area (Å²) < 4.78 is 46.3. The average Bonchev–Trinajstić information content (AvgIpc) is 3.48. The van der Waals surface area contributed by atoms with Crippen LogP contribution in [0.1, 0.15) is 97.4 Å². The van der Waals surface area contributed by atoms with Crippen LogP contribution in [-0.2, 0) is 38.3 Å². The molecule has 2 aliphatic heterocycles. The van der Waals surface area contributed by atoms with Gasteiger partial charge in [-0.15, -0.1) is 19.3 Å². The lowest BCUT2D eigenvalue weighted by Gasteiger charge is -2.48. The van der Waals surface area contributed by atoms with Crippen LogP contribution in [0.3, 0.4) is 0 Å². The Morgan fingerprint density at radius 3 is 1.39 bits per heavy atom. The van der Waals surface area contributed by atoms with E-state index in [0.717, 1.165) is 0 Å². The number of benzene rings is 2. The highest BCUT2D eigenvalue weighted by atomic mass is 16.7. The van der Waals surface area contributed by atoms with E-state index in [1.165, 1.54) is 32.0 Å². The van der Waals surface area contributed by atoms with E-state index in [-0.39, 0.29) is 93.9 Å². The van der Waals surface area contributed by atoms with Gasteiger partial charge in [0.25, 0.3) is 0 Å². The van der Waals surface area contributed by atoms with Crippen molar-refractivity contribution in [1.82, 2.24) is 11.0 Å². The summed E-state index contributed by atoms with van der Waals surface area (Å²) in [5.74, 6) is 5.52. The molecule has 2 aromatic carbocycles. The van der Waals surface area contributed by atoms with Crippen LogP contribution in [0.25, 0.3) is 21.9 Å². The van der Waals surface area contributed by atoms with Crippen LogP contribution in [0.4, 0.5) is 9.59 Å². The smallest absolute Gasteiger partial charge is 0.431 e. The van der Waals surface area contributed by atoms with Gasteiger partial charge in [-0.05, 0) is 85.6 Å². The molecule has 0 radical (unpaired) electrons. The van der Waals surface area contributed by atoms with Crippen molar-refractivity contribution >= 4 is 45.5 Å². The summed E-state index contributed by atoms with van der Waals surface area (Å²) in [6.07, 6.45) is 7.07. The summed E-state index contributed by atoms with van der Waals surface area (Å²) in [6.45, 7) is 18.8. The van der Waals surface area contributed by atoms with Crippen molar-refractivity contribution in [1.29, 1.82) is 0 Å².